The lowest BCUT2D eigenvalue weighted by molar-refractivity contribution is -0.130. The molecule has 0 N–H and O–H groups in total. The Morgan fingerprint density at radius 3 is 2.40 bits per heavy atom. The Morgan fingerprint density at radius 2 is 1.65 bits per heavy atom. The van der Waals surface area contributed by atoms with Gasteiger partial charge < -0.3 is 9.30 Å². The van der Waals surface area contributed by atoms with Crippen LogP contribution in [0.3, 0.4) is 0 Å². The van der Waals surface area contributed by atoms with Gasteiger partial charge in [0.25, 0.3) is 5.91 Å². The molecule has 5 aromatic rings. The van der Waals surface area contributed by atoms with Crippen molar-refractivity contribution in [1.29, 1.82) is 0 Å². The number of hydrogen-bond donors (Lipinski definition) is 0. The van der Waals surface area contributed by atoms with E-state index in [4.69, 9.17) is 9.84 Å². The third-order valence-corrected chi connectivity index (χ3v) is 8.38. The van der Waals surface area contributed by atoms with Gasteiger partial charge in [0.05, 0.1) is 24.6 Å². The van der Waals surface area contributed by atoms with Crippen molar-refractivity contribution in [3.05, 3.63) is 132 Å². The maximum atomic E-state index is 13.8. The Labute approximate surface area is 239 Å². The van der Waals surface area contributed by atoms with Crippen molar-refractivity contribution < 1.29 is 9.53 Å². The molecule has 1 atom stereocenters. The van der Waals surface area contributed by atoms with E-state index < -0.39 is 0 Å². The number of benzene rings is 4. The minimum Gasteiger partial charge on any atom is -0.497 e. The number of fused-ring (bicyclic) bond motifs is 1. The molecule has 0 saturated heterocycles. The van der Waals surface area contributed by atoms with E-state index in [0.29, 0.717) is 12.2 Å². The topological polar surface area (TPSA) is 46.8 Å². The molecule has 4 aromatic carbocycles. The van der Waals surface area contributed by atoms with E-state index in [0.717, 1.165) is 39.4 Å². The molecule has 6 rings (SSSR count). The maximum Gasteiger partial charge on any atom is 0.253 e. The molecule has 1 aliphatic heterocycles. The average molecular weight is 546 g/mol. The summed E-state index contributed by atoms with van der Waals surface area (Å²) in [4.78, 5) is 14.9. The second-order valence-corrected chi connectivity index (χ2v) is 11.1. The summed E-state index contributed by atoms with van der Waals surface area (Å²) in [5, 5.41) is 7.73. The fraction of sp³-hybridized carbons (Fsp3) is 0.176. The number of carbonyl (C=O) groups is 1. The van der Waals surface area contributed by atoms with E-state index in [2.05, 4.69) is 90.5 Å². The summed E-state index contributed by atoms with van der Waals surface area (Å²) in [7, 11) is 1.66. The number of ether oxygens (including phenoxy) is 1. The van der Waals surface area contributed by atoms with Crippen LogP contribution in [-0.4, -0.2) is 34.1 Å². The van der Waals surface area contributed by atoms with Crippen LogP contribution in [0.2, 0.25) is 0 Å². The number of aromatic nitrogens is 1. The smallest absolute Gasteiger partial charge is 0.253 e. The highest BCUT2D eigenvalue weighted by atomic mass is 32.2. The van der Waals surface area contributed by atoms with E-state index in [1.165, 1.54) is 16.6 Å². The summed E-state index contributed by atoms with van der Waals surface area (Å²) >= 11 is 1.58. The van der Waals surface area contributed by atoms with Crippen molar-refractivity contribution >= 4 is 34.3 Å². The van der Waals surface area contributed by atoms with E-state index >= 15 is 0 Å². The van der Waals surface area contributed by atoms with Crippen molar-refractivity contribution in [2.24, 2.45) is 5.10 Å². The number of rotatable bonds is 8. The molecular formula is C34H31N3O2S. The van der Waals surface area contributed by atoms with Crippen molar-refractivity contribution in [3.8, 4) is 5.75 Å². The van der Waals surface area contributed by atoms with Crippen LogP contribution >= 0.6 is 11.8 Å². The SMILES string of the molecule is COc1ccc(C2=NN(C(=O)CSc3cn(Cc4ccccc4)c4ccccc34)C(c3ccc(C)cc3)C2)cc1. The van der Waals surface area contributed by atoms with Gasteiger partial charge in [-0.05, 0) is 53.9 Å². The van der Waals surface area contributed by atoms with Gasteiger partial charge in [0.2, 0.25) is 0 Å². The lowest BCUT2D eigenvalue weighted by atomic mass is 9.97. The van der Waals surface area contributed by atoms with Gasteiger partial charge in [-0.3, -0.25) is 4.79 Å². The summed E-state index contributed by atoms with van der Waals surface area (Å²) in [5.41, 5.74) is 6.61. The average Bonchev–Trinajstić information content (AvgIpc) is 3.59. The van der Waals surface area contributed by atoms with E-state index in [1.807, 2.05) is 30.3 Å². The normalized spacial score (nSPS) is 14.9. The van der Waals surface area contributed by atoms with Crippen molar-refractivity contribution in [2.75, 3.05) is 12.9 Å². The molecule has 0 bridgehead atoms. The fourth-order valence-corrected chi connectivity index (χ4v) is 6.13. The number of hydrazone groups is 1. The lowest BCUT2D eigenvalue weighted by Crippen LogP contribution is -2.28. The van der Waals surface area contributed by atoms with E-state index in [1.54, 1.807) is 23.9 Å². The molecule has 1 unspecified atom stereocenters. The highest BCUT2D eigenvalue weighted by Gasteiger charge is 2.33. The van der Waals surface area contributed by atoms with Gasteiger partial charge in [0.15, 0.2) is 0 Å². The van der Waals surface area contributed by atoms with Gasteiger partial charge in [-0.15, -0.1) is 11.8 Å². The zero-order valence-corrected chi connectivity index (χ0v) is 23.5. The van der Waals surface area contributed by atoms with Crippen molar-refractivity contribution in [3.63, 3.8) is 0 Å². The Balaban J connectivity index is 1.25. The molecule has 0 saturated carbocycles. The molecule has 1 aromatic heterocycles. The lowest BCUT2D eigenvalue weighted by Gasteiger charge is -2.22. The Kier molecular flexibility index (Phi) is 7.43. The first-order valence-electron chi connectivity index (χ1n) is 13.4. The summed E-state index contributed by atoms with van der Waals surface area (Å²) < 4.78 is 7.59. The first-order chi connectivity index (χ1) is 19.6. The van der Waals surface area contributed by atoms with Gasteiger partial charge in [-0.25, -0.2) is 5.01 Å². The molecule has 2 heterocycles. The Morgan fingerprint density at radius 1 is 0.925 bits per heavy atom. The molecule has 0 radical (unpaired) electrons. The number of thioether (sulfide) groups is 1. The largest absolute Gasteiger partial charge is 0.497 e. The monoisotopic (exact) mass is 545 g/mol. The molecule has 200 valence electrons. The van der Waals surface area contributed by atoms with Gasteiger partial charge in [-0.2, -0.15) is 5.10 Å². The first-order valence-corrected chi connectivity index (χ1v) is 14.4. The van der Waals surface area contributed by atoms with Crippen LogP contribution in [-0.2, 0) is 11.3 Å². The predicted molar refractivity (Wildman–Crippen MR) is 163 cm³/mol. The minimum atomic E-state index is -0.134. The summed E-state index contributed by atoms with van der Waals surface area (Å²) in [6.07, 6.45) is 2.84. The van der Waals surface area contributed by atoms with Crippen LogP contribution in [0.25, 0.3) is 10.9 Å². The second-order valence-electron chi connectivity index (χ2n) is 10.1. The van der Waals surface area contributed by atoms with Crippen LogP contribution in [0.15, 0.2) is 119 Å². The number of carbonyl (C=O) groups excluding carboxylic acids is 1. The zero-order chi connectivity index (χ0) is 27.5. The number of methoxy groups -OCH3 is 1. The van der Waals surface area contributed by atoms with Gasteiger partial charge in [0.1, 0.15) is 5.75 Å². The van der Waals surface area contributed by atoms with Crippen LogP contribution in [0.5, 0.6) is 5.75 Å². The van der Waals surface area contributed by atoms with E-state index in [-0.39, 0.29) is 11.9 Å². The third kappa shape index (κ3) is 5.40. The van der Waals surface area contributed by atoms with Crippen molar-refractivity contribution in [2.45, 2.75) is 30.8 Å². The van der Waals surface area contributed by atoms with Gasteiger partial charge >= 0.3 is 0 Å². The second kappa shape index (κ2) is 11.4. The maximum absolute atomic E-state index is 13.8. The van der Waals surface area contributed by atoms with Crippen molar-refractivity contribution in [1.82, 2.24) is 9.58 Å². The molecule has 6 heteroatoms. The van der Waals surface area contributed by atoms with Crippen LogP contribution in [0.1, 0.15) is 34.7 Å². The number of hydrogen-bond acceptors (Lipinski definition) is 4. The third-order valence-electron chi connectivity index (χ3n) is 7.35. The minimum absolute atomic E-state index is 0.000947. The number of amides is 1. The molecule has 0 fully saturated rings. The summed E-state index contributed by atoms with van der Waals surface area (Å²) in [6.45, 7) is 2.86. The molecular weight excluding hydrogens is 514 g/mol. The highest BCUT2D eigenvalue weighted by molar-refractivity contribution is 8.00. The van der Waals surface area contributed by atoms with E-state index in [9.17, 15) is 4.79 Å². The number of nitrogens with zero attached hydrogens (tertiary/aromatic N) is 3. The Hall–Kier alpha value is -4.29. The van der Waals surface area contributed by atoms with Crippen LogP contribution < -0.4 is 4.74 Å². The van der Waals surface area contributed by atoms with Gasteiger partial charge in [-0.1, -0.05) is 78.4 Å². The molecule has 40 heavy (non-hydrogen) atoms. The first kappa shape index (κ1) is 26.0. The molecule has 0 spiro atoms. The molecule has 1 amide bonds. The van der Waals surface area contributed by atoms with Crippen LogP contribution in [0.4, 0.5) is 0 Å². The Bertz CT molecular complexity index is 1660. The quantitative estimate of drug-likeness (QED) is 0.190. The summed E-state index contributed by atoms with van der Waals surface area (Å²) in [5.74, 6) is 1.10. The fourth-order valence-electron chi connectivity index (χ4n) is 5.19. The zero-order valence-electron chi connectivity index (χ0n) is 22.7. The predicted octanol–water partition coefficient (Wildman–Crippen LogP) is 7.48. The standard InChI is InChI=1S/C34H31N3O2S/c1-24-12-14-27(15-13-24)32-20-30(26-16-18-28(39-2)19-17-26)35-37(32)34(38)23-40-33-22-36(21-25-8-4-3-5-9-25)31-11-7-6-10-29(31)33/h3-19,22,32H,20-21,23H2,1-2H3. The summed E-state index contributed by atoms with van der Waals surface area (Å²) in [6, 6.07) is 35.0. The van der Waals surface area contributed by atoms with Gasteiger partial charge in [0, 0.05) is 35.0 Å². The number of para-hydroxylation sites is 1. The molecule has 1 aliphatic rings. The van der Waals surface area contributed by atoms with Crippen LogP contribution in [0, 0.1) is 6.92 Å². The highest BCUT2D eigenvalue weighted by Crippen LogP contribution is 2.36. The molecule has 5 nitrogen and oxygen atoms in total. The molecule has 0 aliphatic carbocycles. The number of aryl methyl sites for hydroxylation is 1.